The number of hydrogen-bond acceptors (Lipinski definition) is 8. The Morgan fingerprint density at radius 1 is 1.14 bits per heavy atom. The molecule has 5 rings (SSSR count). The van der Waals surface area contributed by atoms with Gasteiger partial charge in [0.15, 0.2) is 11.1 Å². The predicted octanol–water partition coefficient (Wildman–Crippen LogP) is 3.46. The largest absolute Gasteiger partial charge is 0.490 e. The van der Waals surface area contributed by atoms with Crippen molar-refractivity contribution in [3.8, 4) is 5.75 Å². The molecule has 0 aliphatic carbocycles. The van der Waals surface area contributed by atoms with Crippen LogP contribution in [0.25, 0.3) is 10.9 Å². The summed E-state index contributed by atoms with van der Waals surface area (Å²) in [6.45, 7) is 5.45. The lowest BCUT2D eigenvalue weighted by Gasteiger charge is -2.28. The molecular formula is C29H28F3N5O7. The number of para-hydroxylation sites is 1. The second-order valence-corrected chi connectivity index (χ2v) is 10.3. The molecule has 0 saturated carbocycles. The molecule has 0 spiro atoms. The number of pyridine rings is 1. The van der Waals surface area contributed by atoms with E-state index in [2.05, 4.69) is 26.1 Å². The molecular weight excluding hydrogens is 587 g/mol. The van der Waals surface area contributed by atoms with Crippen LogP contribution in [0.15, 0.2) is 59.8 Å². The highest BCUT2D eigenvalue weighted by molar-refractivity contribution is 6.22. The number of halogens is 3. The number of aryl methyl sites for hydroxylation is 1. The van der Waals surface area contributed by atoms with Crippen molar-refractivity contribution < 1.29 is 47.0 Å². The number of aliphatic carboxylic acids is 1. The van der Waals surface area contributed by atoms with Crippen LogP contribution in [0.3, 0.4) is 0 Å². The molecule has 2 atom stereocenters. The van der Waals surface area contributed by atoms with E-state index in [4.69, 9.17) is 19.5 Å². The van der Waals surface area contributed by atoms with Crippen LogP contribution in [0.2, 0.25) is 0 Å². The number of rotatable bonds is 7. The van der Waals surface area contributed by atoms with E-state index in [-0.39, 0.29) is 18.9 Å². The molecule has 0 radical (unpaired) electrons. The van der Waals surface area contributed by atoms with E-state index in [1.54, 1.807) is 6.92 Å². The quantitative estimate of drug-likeness (QED) is 0.293. The summed E-state index contributed by atoms with van der Waals surface area (Å²) >= 11 is 0. The Kier molecular flexibility index (Phi) is 8.78. The summed E-state index contributed by atoms with van der Waals surface area (Å²) in [5.41, 5.74) is 1.61. The summed E-state index contributed by atoms with van der Waals surface area (Å²) in [5, 5.41) is 20.0. The fourth-order valence-corrected chi connectivity index (χ4v) is 4.64. The highest BCUT2D eigenvalue weighted by Crippen LogP contribution is 2.38. The summed E-state index contributed by atoms with van der Waals surface area (Å²) in [6, 6.07) is 16.7. The van der Waals surface area contributed by atoms with Gasteiger partial charge in [-0.15, -0.1) is 0 Å². The first-order valence-corrected chi connectivity index (χ1v) is 13.2. The van der Waals surface area contributed by atoms with Crippen molar-refractivity contribution in [3.05, 3.63) is 71.4 Å². The minimum absolute atomic E-state index is 0.128. The van der Waals surface area contributed by atoms with E-state index in [0.29, 0.717) is 18.1 Å². The Hall–Kier alpha value is -5.21. The third-order valence-corrected chi connectivity index (χ3v) is 6.98. The van der Waals surface area contributed by atoms with Crippen LogP contribution in [0.4, 0.5) is 18.0 Å². The molecule has 232 valence electrons. The van der Waals surface area contributed by atoms with Gasteiger partial charge >= 0.3 is 18.2 Å². The molecule has 2 aliphatic heterocycles. The third kappa shape index (κ3) is 6.88. The average molecular weight is 616 g/mol. The monoisotopic (exact) mass is 615 g/mol. The van der Waals surface area contributed by atoms with E-state index < -0.39 is 35.2 Å². The maximum Gasteiger partial charge on any atom is 0.490 e. The first-order chi connectivity index (χ1) is 20.6. The number of carbonyl (C=O) groups is 4. The number of fused-ring (bicyclic) bond motifs is 1. The minimum Gasteiger partial charge on any atom is -0.489 e. The van der Waals surface area contributed by atoms with Crippen LogP contribution in [0, 0.1) is 6.92 Å². The summed E-state index contributed by atoms with van der Waals surface area (Å²) in [4.78, 5) is 55.2. The van der Waals surface area contributed by atoms with Gasteiger partial charge in [0.1, 0.15) is 12.4 Å². The van der Waals surface area contributed by atoms with Gasteiger partial charge in [0.25, 0.3) is 5.91 Å². The van der Waals surface area contributed by atoms with Gasteiger partial charge in [0.2, 0.25) is 5.91 Å². The molecule has 15 heteroatoms. The van der Waals surface area contributed by atoms with Crippen LogP contribution < -0.4 is 20.7 Å². The van der Waals surface area contributed by atoms with Crippen LogP contribution >= 0.6 is 0 Å². The number of hydrogen-bond donors (Lipinski definition) is 4. The number of alkyl halides is 3. The smallest absolute Gasteiger partial charge is 0.489 e. The van der Waals surface area contributed by atoms with Crippen LogP contribution in [0.5, 0.6) is 5.75 Å². The van der Waals surface area contributed by atoms with Crippen molar-refractivity contribution in [2.24, 2.45) is 5.16 Å². The molecule has 2 aliphatic rings. The molecule has 4 amide bonds. The van der Waals surface area contributed by atoms with Crippen molar-refractivity contribution in [1.82, 2.24) is 20.9 Å². The van der Waals surface area contributed by atoms with Crippen LogP contribution in [-0.2, 0) is 31.4 Å². The lowest BCUT2D eigenvalue weighted by atomic mass is 9.83. The van der Waals surface area contributed by atoms with Crippen molar-refractivity contribution in [2.75, 3.05) is 6.54 Å². The van der Waals surface area contributed by atoms with Crippen LogP contribution in [-0.4, -0.2) is 57.9 Å². The number of amides is 4. The van der Waals surface area contributed by atoms with E-state index >= 15 is 0 Å². The number of nitrogens with zero attached hydrogens (tertiary/aromatic N) is 2. The van der Waals surface area contributed by atoms with Gasteiger partial charge in [0.05, 0.1) is 17.8 Å². The summed E-state index contributed by atoms with van der Waals surface area (Å²) in [5.74, 6) is -2.83. The Morgan fingerprint density at radius 3 is 2.39 bits per heavy atom. The number of ether oxygens (including phenoxy) is 1. The number of carbonyl (C=O) groups excluding carboxylic acids is 3. The Bertz CT molecular complexity index is 1640. The Morgan fingerprint density at radius 2 is 1.80 bits per heavy atom. The van der Waals surface area contributed by atoms with Crippen LogP contribution in [0.1, 0.15) is 37.1 Å². The number of nitrogens with one attached hydrogen (secondary N) is 3. The highest BCUT2D eigenvalue weighted by Gasteiger charge is 2.53. The third-order valence-electron chi connectivity index (χ3n) is 6.98. The summed E-state index contributed by atoms with van der Waals surface area (Å²) in [6.07, 6.45) is -4.89. The molecule has 4 N–H and O–H groups in total. The van der Waals surface area contributed by atoms with Gasteiger partial charge in [-0.05, 0) is 38.1 Å². The van der Waals surface area contributed by atoms with Gasteiger partial charge in [-0.25, -0.2) is 9.59 Å². The highest BCUT2D eigenvalue weighted by atomic mass is 19.4. The fourth-order valence-electron chi connectivity index (χ4n) is 4.64. The maximum absolute atomic E-state index is 12.4. The molecule has 1 aromatic heterocycles. The van der Waals surface area contributed by atoms with Crippen molar-refractivity contribution in [1.29, 1.82) is 0 Å². The molecule has 1 saturated heterocycles. The molecule has 3 heterocycles. The number of carboxylic acid groups (broad SMARTS) is 1. The fraction of sp³-hybridized carbons (Fsp3) is 0.310. The molecule has 3 aromatic rings. The number of imide groups is 1. The molecule has 2 aromatic carbocycles. The molecule has 12 nitrogen and oxygen atoms in total. The second-order valence-electron chi connectivity index (χ2n) is 10.3. The van der Waals surface area contributed by atoms with Gasteiger partial charge in [-0.2, -0.15) is 13.2 Å². The number of carboxylic acids is 1. The van der Waals surface area contributed by atoms with E-state index in [1.165, 1.54) is 6.92 Å². The number of aromatic nitrogens is 1. The van der Waals surface area contributed by atoms with Crippen molar-refractivity contribution in [3.63, 3.8) is 0 Å². The zero-order valence-corrected chi connectivity index (χ0v) is 23.7. The lowest BCUT2D eigenvalue weighted by molar-refractivity contribution is -0.192. The standard InChI is InChI=1S/C27H27N5O5.C2HF3O2/c1-16-12-18(21-6-4-5-7-22(21)29-16)14-36-20-10-8-19(9-11-20)27(15-28-17(2)33)13-23(32-37-27)26(3)24(34)30-25(35)31-26;3-2(4,5)1(6)7/h4-12H,13-15H2,1-3H3,(H,28,33)(H2,30,31,34,35);(H,6,7). The van der Waals surface area contributed by atoms with E-state index in [1.807, 2.05) is 61.5 Å². The van der Waals surface area contributed by atoms with E-state index in [0.717, 1.165) is 27.7 Å². The Labute approximate surface area is 248 Å². The number of oxime groups is 1. The number of urea groups is 1. The van der Waals surface area contributed by atoms with Gasteiger partial charge in [-0.1, -0.05) is 35.5 Å². The zero-order valence-electron chi connectivity index (χ0n) is 23.7. The maximum atomic E-state index is 12.4. The molecule has 44 heavy (non-hydrogen) atoms. The molecule has 0 bridgehead atoms. The van der Waals surface area contributed by atoms with E-state index in [9.17, 15) is 27.6 Å². The first-order valence-electron chi connectivity index (χ1n) is 13.2. The Balaban J connectivity index is 0.000000566. The molecule has 2 unspecified atom stereocenters. The SMILES string of the molecule is CC(=O)NCC1(c2ccc(OCc3cc(C)nc4ccccc34)cc2)CC(C2(C)NC(=O)NC2=O)=NO1.O=C(O)C(F)(F)F. The van der Waals surface area contributed by atoms with Crippen molar-refractivity contribution in [2.45, 2.75) is 51.1 Å². The number of benzene rings is 2. The topological polar surface area (TPSA) is 168 Å². The van der Waals surface area contributed by atoms with Gasteiger partial charge in [-0.3, -0.25) is 19.9 Å². The van der Waals surface area contributed by atoms with Gasteiger partial charge in [0, 0.05) is 35.6 Å². The summed E-state index contributed by atoms with van der Waals surface area (Å²) < 4.78 is 37.8. The van der Waals surface area contributed by atoms with Crippen molar-refractivity contribution >= 4 is 40.4 Å². The van der Waals surface area contributed by atoms with Gasteiger partial charge < -0.3 is 25.3 Å². The minimum atomic E-state index is -5.08. The second kappa shape index (κ2) is 12.2. The zero-order chi connectivity index (χ0) is 32.3. The average Bonchev–Trinajstić information content (AvgIpc) is 3.52. The normalized spacial score (nSPS) is 20.9. The predicted molar refractivity (Wildman–Crippen MR) is 150 cm³/mol. The first kappa shape index (κ1) is 31.7. The molecule has 1 fully saturated rings. The lowest BCUT2D eigenvalue weighted by Crippen LogP contribution is -2.52. The summed E-state index contributed by atoms with van der Waals surface area (Å²) in [7, 11) is 0.